The first-order chi connectivity index (χ1) is 11.9. The molecule has 1 aliphatic rings. The van der Waals surface area contributed by atoms with Gasteiger partial charge in [-0.3, -0.25) is 14.5 Å². The Morgan fingerprint density at radius 1 is 1.20 bits per heavy atom. The largest absolute Gasteiger partial charge is 0.457 e. The van der Waals surface area contributed by atoms with Crippen LogP contribution in [0.15, 0.2) is 34.9 Å². The molecule has 2 aromatic rings. The van der Waals surface area contributed by atoms with Crippen LogP contribution >= 0.6 is 0 Å². The highest BCUT2D eigenvalue weighted by Gasteiger charge is 2.44. The smallest absolute Gasteiger partial charge is 0.330 e. The van der Waals surface area contributed by atoms with Crippen LogP contribution in [-0.2, 0) is 16.1 Å². The molecule has 0 bridgehead atoms. The lowest BCUT2D eigenvalue weighted by Gasteiger charge is -2.27. The molecule has 7 heteroatoms. The van der Waals surface area contributed by atoms with E-state index < -0.39 is 23.8 Å². The van der Waals surface area contributed by atoms with E-state index in [4.69, 9.17) is 9.26 Å². The predicted octanol–water partition coefficient (Wildman–Crippen LogP) is 2.35. The lowest BCUT2D eigenvalue weighted by Crippen LogP contribution is -2.48. The second-order valence-electron chi connectivity index (χ2n) is 6.25. The molecule has 1 aliphatic heterocycles. The monoisotopic (exact) mass is 342 g/mol. The average molecular weight is 342 g/mol. The van der Waals surface area contributed by atoms with Gasteiger partial charge in [0.15, 0.2) is 0 Å². The molecule has 7 nitrogen and oxygen atoms in total. The summed E-state index contributed by atoms with van der Waals surface area (Å²) in [6, 6.07) is 7.18. The highest BCUT2D eigenvalue weighted by Crippen LogP contribution is 2.27. The molecule has 0 unspecified atom stereocenters. The van der Waals surface area contributed by atoms with Crippen LogP contribution in [0.1, 0.15) is 46.0 Å². The van der Waals surface area contributed by atoms with E-state index in [2.05, 4.69) is 5.16 Å². The molecular weight excluding hydrogens is 324 g/mol. The highest BCUT2D eigenvalue weighted by molar-refractivity contribution is 6.22. The average Bonchev–Trinajstić information content (AvgIpc) is 3.10. The Hall–Kier alpha value is -2.96. The molecule has 0 saturated carbocycles. The second-order valence-corrected chi connectivity index (χ2v) is 6.25. The minimum absolute atomic E-state index is 0.0808. The molecule has 0 spiro atoms. The number of imide groups is 1. The van der Waals surface area contributed by atoms with E-state index in [1.54, 1.807) is 51.1 Å². The van der Waals surface area contributed by atoms with E-state index in [0.717, 1.165) is 4.90 Å². The first kappa shape index (κ1) is 16.9. The zero-order chi connectivity index (χ0) is 18.1. The molecule has 1 atom stereocenters. The van der Waals surface area contributed by atoms with Crippen LogP contribution in [0, 0.1) is 12.8 Å². The van der Waals surface area contributed by atoms with Crippen molar-refractivity contribution in [2.24, 2.45) is 5.92 Å². The van der Waals surface area contributed by atoms with Crippen LogP contribution in [0.25, 0.3) is 0 Å². The fraction of sp³-hybridized carbons (Fsp3) is 0.333. The Morgan fingerprint density at radius 3 is 2.28 bits per heavy atom. The zero-order valence-corrected chi connectivity index (χ0v) is 14.2. The number of esters is 1. The molecule has 0 N–H and O–H groups in total. The maximum atomic E-state index is 12.6. The van der Waals surface area contributed by atoms with Crippen LogP contribution < -0.4 is 0 Å². The van der Waals surface area contributed by atoms with Crippen molar-refractivity contribution >= 4 is 17.8 Å². The summed E-state index contributed by atoms with van der Waals surface area (Å²) < 4.78 is 10.2. The van der Waals surface area contributed by atoms with Gasteiger partial charge in [0.05, 0.1) is 11.1 Å². The molecule has 130 valence electrons. The number of carbonyl (C=O) groups excluding carboxylic acids is 3. The van der Waals surface area contributed by atoms with Gasteiger partial charge in [-0.15, -0.1) is 0 Å². The Balaban J connectivity index is 1.81. The van der Waals surface area contributed by atoms with Crippen LogP contribution in [0.3, 0.4) is 0 Å². The van der Waals surface area contributed by atoms with Gasteiger partial charge in [-0.05, 0) is 25.0 Å². The predicted molar refractivity (Wildman–Crippen MR) is 86.6 cm³/mol. The number of rotatable bonds is 5. The van der Waals surface area contributed by atoms with Gasteiger partial charge < -0.3 is 9.26 Å². The standard InChI is InChI=1S/C18H18N2O5/c1-10(2)15(18(23)24-9-12-8-11(3)25-19-12)20-16(21)13-6-4-5-7-14(13)17(20)22/h4-8,10,15H,9H2,1-3H3/t15-/m1/s1. The molecule has 1 aromatic carbocycles. The highest BCUT2D eigenvalue weighted by atomic mass is 16.5. The van der Waals surface area contributed by atoms with E-state index in [-0.39, 0.29) is 12.5 Å². The number of aromatic nitrogens is 1. The number of nitrogens with zero attached hydrogens (tertiary/aromatic N) is 2. The molecule has 3 rings (SSSR count). The minimum atomic E-state index is -1.000. The van der Waals surface area contributed by atoms with E-state index in [1.165, 1.54) is 0 Å². The van der Waals surface area contributed by atoms with Crippen LogP contribution in [0.2, 0.25) is 0 Å². The van der Waals surface area contributed by atoms with Crippen molar-refractivity contribution in [3.05, 3.63) is 52.9 Å². The van der Waals surface area contributed by atoms with E-state index >= 15 is 0 Å². The zero-order valence-electron chi connectivity index (χ0n) is 14.2. The van der Waals surface area contributed by atoms with Crippen molar-refractivity contribution in [3.8, 4) is 0 Å². The quantitative estimate of drug-likeness (QED) is 0.612. The number of amides is 2. The van der Waals surface area contributed by atoms with E-state index in [0.29, 0.717) is 22.6 Å². The fourth-order valence-corrected chi connectivity index (χ4v) is 2.85. The molecule has 25 heavy (non-hydrogen) atoms. The summed E-state index contributed by atoms with van der Waals surface area (Å²) in [6.45, 7) is 5.17. The number of benzene rings is 1. The molecule has 2 amide bonds. The molecule has 0 fully saturated rings. The summed E-state index contributed by atoms with van der Waals surface area (Å²) >= 11 is 0. The van der Waals surface area contributed by atoms with E-state index in [9.17, 15) is 14.4 Å². The first-order valence-corrected chi connectivity index (χ1v) is 7.96. The SMILES string of the molecule is Cc1cc(COC(=O)[C@@H](C(C)C)N2C(=O)c3ccccc3C2=O)no1. The van der Waals surface area contributed by atoms with Gasteiger partial charge in [0.25, 0.3) is 11.8 Å². The summed E-state index contributed by atoms with van der Waals surface area (Å²) in [5.41, 5.74) is 1.08. The molecular formula is C18H18N2O5. The van der Waals surface area contributed by atoms with Gasteiger partial charge in [-0.1, -0.05) is 31.1 Å². The number of fused-ring (bicyclic) bond motifs is 1. The molecule has 0 aliphatic carbocycles. The van der Waals surface area contributed by atoms with Gasteiger partial charge in [0.2, 0.25) is 0 Å². The Morgan fingerprint density at radius 2 is 1.80 bits per heavy atom. The fourth-order valence-electron chi connectivity index (χ4n) is 2.85. The van der Waals surface area contributed by atoms with Crippen molar-refractivity contribution in [1.82, 2.24) is 10.1 Å². The molecule has 1 aromatic heterocycles. The maximum Gasteiger partial charge on any atom is 0.330 e. The minimum Gasteiger partial charge on any atom is -0.457 e. The van der Waals surface area contributed by atoms with Crippen LogP contribution in [0.5, 0.6) is 0 Å². The van der Waals surface area contributed by atoms with Gasteiger partial charge in [0.1, 0.15) is 24.1 Å². The van der Waals surface area contributed by atoms with Crippen LogP contribution in [-0.4, -0.2) is 33.9 Å². The molecule has 0 radical (unpaired) electrons. The van der Waals surface area contributed by atoms with Gasteiger partial charge in [-0.2, -0.15) is 0 Å². The Bertz CT molecular complexity index is 804. The summed E-state index contributed by atoms with van der Waals surface area (Å²) in [6.07, 6.45) is 0. The Kier molecular flexibility index (Phi) is 4.39. The summed E-state index contributed by atoms with van der Waals surface area (Å²) in [5.74, 6) is -1.30. The first-order valence-electron chi connectivity index (χ1n) is 7.96. The van der Waals surface area contributed by atoms with Gasteiger partial charge in [0, 0.05) is 6.07 Å². The summed E-state index contributed by atoms with van der Waals surface area (Å²) in [7, 11) is 0. The normalized spacial score (nSPS) is 14.8. The third-order valence-electron chi connectivity index (χ3n) is 4.02. The third-order valence-corrected chi connectivity index (χ3v) is 4.02. The number of hydrogen-bond acceptors (Lipinski definition) is 6. The summed E-state index contributed by atoms with van der Waals surface area (Å²) in [4.78, 5) is 38.8. The van der Waals surface area contributed by atoms with Gasteiger partial charge in [-0.25, -0.2) is 4.79 Å². The van der Waals surface area contributed by atoms with Crippen molar-refractivity contribution in [3.63, 3.8) is 0 Å². The lowest BCUT2D eigenvalue weighted by molar-refractivity contribution is -0.151. The van der Waals surface area contributed by atoms with Crippen molar-refractivity contribution < 1.29 is 23.6 Å². The van der Waals surface area contributed by atoms with Crippen molar-refractivity contribution in [1.29, 1.82) is 0 Å². The van der Waals surface area contributed by atoms with Crippen molar-refractivity contribution in [2.45, 2.75) is 33.4 Å². The number of hydrogen-bond donors (Lipinski definition) is 0. The third kappa shape index (κ3) is 3.05. The Labute approximate surface area is 144 Å². The van der Waals surface area contributed by atoms with Gasteiger partial charge >= 0.3 is 5.97 Å². The second kappa shape index (κ2) is 6.51. The van der Waals surface area contributed by atoms with E-state index in [1.807, 2.05) is 0 Å². The topological polar surface area (TPSA) is 89.7 Å². The maximum absolute atomic E-state index is 12.6. The number of aryl methyl sites for hydroxylation is 1. The molecule has 2 heterocycles. The lowest BCUT2D eigenvalue weighted by atomic mass is 10.0. The van der Waals surface area contributed by atoms with Crippen molar-refractivity contribution in [2.75, 3.05) is 0 Å². The summed E-state index contributed by atoms with van der Waals surface area (Å²) in [5, 5.41) is 3.75. The van der Waals surface area contributed by atoms with Crippen LogP contribution in [0.4, 0.5) is 0 Å². The molecule has 0 saturated heterocycles. The number of ether oxygens (including phenoxy) is 1. The number of carbonyl (C=O) groups is 3.